The van der Waals surface area contributed by atoms with Crippen molar-refractivity contribution in [1.82, 2.24) is 10.4 Å². The maximum atomic E-state index is 12.2. The number of amides is 2. The fourth-order valence-electron chi connectivity index (χ4n) is 2.17. The van der Waals surface area contributed by atoms with Crippen molar-refractivity contribution in [3.63, 3.8) is 0 Å². The van der Waals surface area contributed by atoms with E-state index in [-0.39, 0.29) is 17.5 Å². The molecule has 2 N–H and O–H groups in total. The maximum absolute atomic E-state index is 12.2. The first-order chi connectivity index (χ1) is 12.7. The molecule has 3 aromatic rings. The number of nitrogens with one attached hydrogen (secondary N) is 2. The fraction of sp³-hybridized carbons (Fsp3) is 0. The van der Waals surface area contributed by atoms with Crippen molar-refractivity contribution in [3.05, 3.63) is 95.8 Å². The first-order valence-electron chi connectivity index (χ1n) is 7.93. The number of anilines is 1. The number of carbonyl (C=O) groups is 2. The lowest BCUT2D eigenvalue weighted by molar-refractivity contribution is 0.0949. The van der Waals surface area contributed by atoms with Gasteiger partial charge in [-0.05, 0) is 42.0 Å². The molecule has 0 saturated carbocycles. The molecule has 0 aliphatic heterocycles. The predicted octanol–water partition coefficient (Wildman–Crippen LogP) is 3.10. The van der Waals surface area contributed by atoms with Crippen LogP contribution in [0, 0.1) is 0 Å². The molecule has 26 heavy (non-hydrogen) atoms. The van der Waals surface area contributed by atoms with Crippen LogP contribution in [0.15, 0.2) is 84.1 Å². The molecule has 1 heterocycles. The summed E-state index contributed by atoms with van der Waals surface area (Å²) in [5, 5.41) is 6.71. The van der Waals surface area contributed by atoms with Gasteiger partial charge in [0, 0.05) is 17.4 Å². The first kappa shape index (κ1) is 17.0. The lowest BCUT2D eigenvalue weighted by Gasteiger charge is -2.05. The summed E-state index contributed by atoms with van der Waals surface area (Å²) in [5.41, 5.74) is 4.72. The Bertz CT molecular complexity index is 908. The van der Waals surface area contributed by atoms with Gasteiger partial charge in [0.15, 0.2) is 0 Å². The summed E-state index contributed by atoms with van der Waals surface area (Å²) in [6.07, 6.45) is 3.04. The Kier molecular flexibility index (Phi) is 5.47. The first-order valence-corrected chi connectivity index (χ1v) is 7.93. The number of para-hydroxylation sites is 1. The largest absolute Gasteiger partial charge is 0.322 e. The summed E-state index contributed by atoms with van der Waals surface area (Å²) >= 11 is 0. The van der Waals surface area contributed by atoms with E-state index in [1.807, 2.05) is 30.3 Å². The van der Waals surface area contributed by atoms with E-state index in [2.05, 4.69) is 20.8 Å². The second kappa shape index (κ2) is 8.34. The van der Waals surface area contributed by atoms with Crippen molar-refractivity contribution in [2.24, 2.45) is 5.10 Å². The van der Waals surface area contributed by atoms with Gasteiger partial charge in [0.25, 0.3) is 11.8 Å². The van der Waals surface area contributed by atoms with E-state index in [4.69, 9.17) is 0 Å². The monoisotopic (exact) mass is 344 g/mol. The highest BCUT2D eigenvalue weighted by Gasteiger charge is 2.06. The summed E-state index contributed by atoms with van der Waals surface area (Å²) in [4.78, 5) is 27.9. The lowest BCUT2D eigenvalue weighted by atomic mass is 10.1. The smallest absolute Gasteiger partial charge is 0.289 e. The van der Waals surface area contributed by atoms with Crippen molar-refractivity contribution < 1.29 is 9.59 Å². The Labute approximate surface area is 150 Å². The van der Waals surface area contributed by atoms with Crippen molar-refractivity contribution >= 4 is 23.7 Å². The van der Waals surface area contributed by atoms with E-state index >= 15 is 0 Å². The number of benzene rings is 2. The quantitative estimate of drug-likeness (QED) is 0.551. The summed E-state index contributed by atoms with van der Waals surface area (Å²) in [6, 6.07) is 21.2. The molecule has 1 aromatic heterocycles. The molecule has 0 saturated heterocycles. The second-order valence-electron chi connectivity index (χ2n) is 5.36. The van der Waals surface area contributed by atoms with Crippen molar-refractivity contribution in [1.29, 1.82) is 0 Å². The maximum Gasteiger partial charge on any atom is 0.289 e. The average Bonchev–Trinajstić information content (AvgIpc) is 2.70. The number of carbonyl (C=O) groups excluding carboxylic acids is 2. The molecular weight excluding hydrogens is 328 g/mol. The van der Waals surface area contributed by atoms with E-state index < -0.39 is 0 Å². The van der Waals surface area contributed by atoms with Crippen LogP contribution in [0.1, 0.15) is 26.4 Å². The molecule has 0 unspecified atom stereocenters. The van der Waals surface area contributed by atoms with Crippen molar-refractivity contribution in [3.8, 4) is 0 Å². The van der Waals surface area contributed by atoms with Crippen LogP contribution >= 0.6 is 0 Å². The Balaban J connectivity index is 1.57. The summed E-state index contributed by atoms with van der Waals surface area (Å²) in [7, 11) is 0. The Morgan fingerprint density at radius 3 is 2.27 bits per heavy atom. The number of pyridine rings is 1. The molecule has 0 aliphatic carbocycles. The summed E-state index contributed by atoms with van der Waals surface area (Å²) < 4.78 is 0. The lowest BCUT2D eigenvalue weighted by Crippen LogP contribution is -2.18. The van der Waals surface area contributed by atoms with Gasteiger partial charge in [0.2, 0.25) is 0 Å². The van der Waals surface area contributed by atoms with Gasteiger partial charge in [0.1, 0.15) is 5.69 Å². The third-order valence-corrected chi connectivity index (χ3v) is 3.48. The normalized spacial score (nSPS) is 10.5. The Morgan fingerprint density at radius 1 is 0.846 bits per heavy atom. The van der Waals surface area contributed by atoms with Gasteiger partial charge >= 0.3 is 0 Å². The number of aromatic nitrogens is 1. The van der Waals surface area contributed by atoms with E-state index in [0.29, 0.717) is 5.56 Å². The minimum atomic E-state index is -0.388. The van der Waals surface area contributed by atoms with Gasteiger partial charge in [-0.3, -0.25) is 14.6 Å². The third-order valence-electron chi connectivity index (χ3n) is 3.48. The Hall–Kier alpha value is -3.80. The number of nitrogens with zero attached hydrogens (tertiary/aromatic N) is 2. The number of hydrogen-bond donors (Lipinski definition) is 2. The molecule has 0 aliphatic rings. The highest BCUT2D eigenvalue weighted by molar-refractivity contribution is 6.04. The van der Waals surface area contributed by atoms with Crippen LogP contribution in [0.2, 0.25) is 0 Å². The van der Waals surface area contributed by atoms with Crippen LogP contribution in [-0.2, 0) is 0 Å². The minimum absolute atomic E-state index is 0.192. The third kappa shape index (κ3) is 4.61. The van der Waals surface area contributed by atoms with Gasteiger partial charge in [0.05, 0.1) is 6.21 Å². The molecule has 128 valence electrons. The van der Waals surface area contributed by atoms with E-state index in [1.54, 1.807) is 42.5 Å². The molecular formula is C20H16N4O2. The number of hydrogen-bond acceptors (Lipinski definition) is 4. The molecule has 0 bridgehead atoms. The van der Waals surface area contributed by atoms with Gasteiger partial charge < -0.3 is 5.32 Å². The zero-order valence-electron chi connectivity index (χ0n) is 13.8. The molecule has 2 aromatic carbocycles. The van der Waals surface area contributed by atoms with Gasteiger partial charge in [-0.15, -0.1) is 0 Å². The fourth-order valence-corrected chi connectivity index (χ4v) is 2.17. The minimum Gasteiger partial charge on any atom is -0.322 e. The zero-order chi connectivity index (χ0) is 18.2. The van der Waals surface area contributed by atoms with Crippen LogP contribution < -0.4 is 10.7 Å². The molecule has 2 amide bonds. The van der Waals surface area contributed by atoms with E-state index in [9.17, 15) is 9.59 Å². The molecule has 3 rings (SSSR count). The molecule has 0 fully saturated rings. The molecule has 6 heteroatoms. The summed E-state index contributed by atoms with van der Waals surface area (Å²) in [6.45, 7) is 0. The van der Waals surface area contributed by atoms with E-state index in [1.165, 1.54) is 12.4 Å². The SMILES string of the molecule is O=C(Nc1ccccc1)c1ccc(/C=N/NC(=O)c2ccccn2)cc1. The zero-order valence-corrected chi connectivity index (χ0v) is 13.8. The highest BCUT2D eigenvalue weighted by atomic mass is 16.2. The standard InChI is InChI=1S/C20H16N4O2/c25-19(23-17-6-2-1-3-7-17)16-11-9-15(10-12-16)14-22-24-20(26)18-8-4-5-13-21-18/h1-14H,(H,23,25)(H,24,26)/b22-14+. The van der Waals surface area contributed by atoms with Crippen LogP contribution in [0.3, 0.4) is 0 Å². The number of hydrazone groups is 1. The molecule has 0 atom stereocenters. The van der Waals surface area contributed by atoms with Crippen LogP contribution in [0.5, 0.6) is 0 Å². The summed E-state index contributed by atoms with van der Waals surface area (Å²) in [5.74, 6) is -0.580. The van der Waals surface area contributed by atoms with Gasteiger partial charge in [-0.2, -0.15) is 5.10 Å². The van der Waals surface area contributed by atoms with Gasteiger partial charge in [-0.1, -0.05) is 36.4 Å². The topological polar surface area (TPSA) is 83.5 Å². The predicted molar refractivity (Wildman–Crippen MR) is 100 cm³/mol. The van der Waals surface area contributed by atoms with Crippen molar-refractivity contribution in [2.75, 3.05) is 5.32 Å². The molecule has 0 radical (unpaired) electrons. The molecule has 0 spiro atoms. The second-order valence-corrected chi connectivity index (χ2v) is 5.36. The van der Waals surface area contributed by atoms with Crippen LogP contribution in [-0.4, -0.2) is 23.0 Å². The molecule has 6 nitrogen and oxygen atoms in total. The van der Waals surface area contributed by atoms with Crippen LogP contribution in [0.4, 0.5) is 5.69 Å². The van der Waals surface area contributed by atoms with Crippen LogP contribution in [0.25, 0.3) is 0 Å². The average molecular weight is 344 g/mol. The highest BCUT2D eigenvalue weighted by Crippen LogP contribution is 2.09. The number of rotatable bonds is 5. The Morgan fingerprint density at radius 2 is 1.58 bits per heavy atom. The van der Waals surface area contributed by atoms with Gasteiger partial charge in [-0.25, -0.2) is 5.43 Å². The van der Waals surface area contributed by atoms with E-state index in [0.717, 1.165) is 11.3 Å². The van der Waals surface area contributed by atoms with Crippen molar-refractivity contribution in [2.45, 2.75) is 0 Å².